The molecular formula is C13H7NOS. The van der Waals surface area contributed by atoms with Gasteiger partial charge in [-0.1, -0.05) is 23.9 Å². The van der Waals surface area contributed by atoms with Gasteiger partial charge in [0.1, 0.15) is 11.5 Å². The fraction of sp³-hybridized carbons (Fsp3) is 0. The number of nitriles is 1. The molecule has 1 aliphatic heterocycles. The molecule has 0 bridgehead atoms. The van der Waals surface area contributed by atoms with Gasteiger partial charge in [-0.2, -0.15) is 5.26 Å². The lowest BCUT2D eigenvalue weighted by atomic mass is 10.2. The molecule has 76 valence electrons. The summed E-state index contributed by atoms with van der Waals surface area (Å²) >= 11 is 1.67. The van der Waals surface area contributed by atoms with Gasteiger partial charge in [-0.25, -0.2) is 0 Å². The zero-order valence-corrected chi connectivity index (χ0v) is 9.12. The summed E-state index contributed by atoms with van der Waals surface area (Å²) < 4.78 is 5.75. The van der Waals surface area contributed by atoms with Crippen LogP contribution in [-0.2, 0) is 0 Å². The molecule has 0 fully saturated rings. The van der Waals surface area contributed by atoms with Gasteiger partial charge in [-0.05, 0) is 30.3 Å². The van der Waals surface area contributed by atoms with Crippen molar-refractivity contribution < 1.29 is 4.74 Å². The number of nitrogens with zero attached hydrogens (tertiary/aromatic N) is 1. The third-order valence-electron chi connectivity index (χ3n) is 2.36. The smallest absolute Gasteiger partial charge is 0.142 e. The quantitative estimate of drug-likeness (QED) is 0.583. The summed E-state index contributed by atoms with van der Waals surface area (Å²) in [5, 5.41) is 8.82. The van der Waals surface area contributed by atoms with Gasteiger partial charge >= 0.3 is 0 Å². The zero-order chi connectivity index (χ0) is 11.0. The molecule has 0 N–H and O–H groups in total. The Morgan fingerprint density at radius 2 is 1.81 bits per heavy atom. The summed E-state index contributed by atoms with van der Waals surface area (Å²) in [7, 11) is 0. The Kier molecular flexibility index (Phi) is 2.09. The van der Waals surface area contributed by atoms with E-state index in [0.717, 1.165) is 21.3 Å². The maximum Gasteiger partial charge on any atom is 0.142 e. The molecule has 2 aromatic carbocycles. The Bertz CT molecular complexity index is 601. The summed E-state index contributed by atoms with van der Waals surface area (Å²) in [5.41, 5.74) is 0.624. The Balaban J connectivity index is 2.09. The summed E-state index contributed by atoms with van der Waals surface area (Å²) in [4.78, 5) is 2.16. The molecule has 0 amide bonds. The molecule has 2 nitrogen and oxygen atoms in total. The second-order valence-electron chi connectivity index (χ2n) is 3.42. The standard InChI is InChI=1S/C13H7NOS/c14-8-9-5-6-13-11(7-9)15-10-3-1-2-4-12(10)16-13/h1-7H. The van der Waals surface area contributed by atoms with E-state index in [2.05, 4.69) is 6.07 Å². The van der Waals surface area contributed by atoms with Crippen molar-refractivity contribution in [3.63, 3.8) is 0 Å². The van der Waals surface area contributed by atoms with Crippen LogP contribution in [0.25, 0.3) is 0 Å². The van der Waals surface area contributed by atoms with Gasteiger partial charge in [-0.3, -0.25) is 0 Å². The molecule has 2 aromatic rings. The number of ether oxygens (including phenoxy) is 1. The molecule has 3 heteroatoms. The minimum atomic E-state index is 0.624. The molecule has 0 spiro atoms. The largest absolute Gasteiger partial charge is 0.455 e. The van der Waals surface area contributed by atoms with Crippen molar-refractivity contribution in [2.24, 2.45) is 0 Å². The van der Waals surface area contributed by atoms with Crippen molar-refractivity contribution in [2.45, 2.75) is 9.79 Å². The number of para-hydroxylation sites is 1. The van der Waals surface area contributed by atoms with Crippen LogP contribution in [0.3, 0.4) is 0 Å². The van der Waals surface area contributed by atoms with Gasteiger partial charge in [0.05, 0.1) is 21.4 Å². The molecule has 1 aliphatic rings. The van der Waals surface area contributed by atoms with E-state index in [1.165, 1.54) is 0 Å². The fourth-order valence-corrected chi connectivity index (χ4v) is 2.53. The number of benzene rings is 2. The molecule has 0 atom stereocenters. The fourth-order valence-electron chi connectivity index (χ4n) is 1.60. The highest BCUT2D eigenvalue weighted by molar-refractivity contribution is 7.99. The van der Waals surface area contributed by atoms with Gasteiger partial charge in [0.25, 0.3) is 0 Å². The van der Waals surface area contributed by atoms with Crippen LogP contribution in [0, 0.1) is 11.3 Å². The lowest BCUT2D eigenvalue weighted by Crippen LogP contribution is -1.94. The van der Waals surface area contributed by atoms with Crippen molar-refractivity contribution in [3.8, 4) is 17.6 Å². The first-order chi connectivity index (χ1) is 7.86. The zero-order valence-electron chi connectivity index (χ0n) is 8.31. The average Bonchev–Trinajstić information content (AvgIpc) is 2.35. The molecule has 0 unspecified atom stereocenters. The number of hydrogen-bond acceptors (Lipinski definition) is 3. The van der Waals surface area contributed by atoms with Crippen LogP contribution in [0.2, 0.25) is 0 Å². The maximum atomic E-state index is 8.82. The van der Waals surface area contributed by atoms with E-state index in [4.69, 9.17) is 10.00 Å². The van der Waals surface area contributed by atoms with Gasteiger partial charge < -0.3 is 4.74 Å². The molecule has 1 heterocycles. The van der Waals surface area contributed by atoms with Crippen molar-refractivity contribution in [1.29, 1.82) is 5.26 Å². The Morgan fingerprint density at radius 1 is 1.00 bits per heavy atom. The van der Waals surface area contributed by atoms with E-state index in [-0.39, 0.29) is 0 Å². The highest BCUT2D eigenvalue weighted by atomic mass is 32.2. The molecule has 16 heavy (non-hydrogen) atoms. The maximum absolute atomic E-state index is 8.82. The Labute approximate surface area is 97.5 Å². The van der Waals surface area contributed by atoms with E-state index in [1.54, 1.807) is 17.8 Å². The minimum Gasteiger partial charge on any atom is -0.455 e. The number of fused-ring (bicyclic) bond motifs is 2. The molecule has 0 saturated carbocycles. The first-order valence-electron chi connectivity index (χ1n) is 4.86. The molecule has 0 aromatic heterocycles. The Morgan fingerprint density at radius 3 is 2.69 bits per heavy atom. The summed E-state index contributed by atoms with van der Waals surface area (Å²) in [5.74, 6) is 1.62. The average molecular weight is 225 g/mol. The number of hydrogen-bond donors (Lipinski definition) is 0. The van der Waals surface area contributed by atoms with Gasteiger partial charge in [0.15, 0.2) is 0 Å². The van der Waals surface area contributed by atoms with Crippen LogP contribution in [0.4, 0.5) is 0 Å². The van der Waals surface area contributed by atoms with Crippen LogP contribution in [-0.4, -0.2) is 0 Å². The van der Waals surface area contributed by atoms with E-state index in [9.17, 15) is 0 Å². The first kappa shape index (κ1) is 9.32. The van der Waals surface area contributed by atoms with Crippen LogP contribution in [0.5, 0.6) is 11.5 Å². The summed E-state index contributed by atoms with van der Waals surface area (Å²) in [6.45, 7) is 0. The third-order valence-corrected chi connectivity index (χ3v) is 3.48. The van der Waals surface area contributed by atoms with Crippen LogP contribution < -0.4 is 4.74 Å². The lowest BCUT2D eigenvalue weighted by Gasteiger charge is -2.19. The normalized spacial score (nSPS) is 11.9. The first-order valence-corrected chi connectivity index (χ1v) is 5.67. The highest BCUT2D eigenvalue weighted by Gasteiger charge is 2.17. The van der Waals surface area contributed by atoms with Gasteiger partial charge in [-0.15, -0.1) is 0 Å². The van der Waals surface area contributed by atoms with Crippen LogP contribution >= 0.6 is 11.8 Å². The van der Waals surface area contributed by atoms with Crippen LogP contribution in [0.15, 0.2) is 52.3 Å². The van der Waals surface area contributed by atoms with E-state index in [1.807, 2.05) is 36.4 Å². The monoisotopic (exact) mass is 225 g/mol. The summed E-state index contributed by atoms with van der Waals surface area (Å²) in [6.07, 6.45) is 0. The molecule has 0 radical (unpaired) electrons. The molecule has 0 saturated heterocycles. The van der Waals surface area contributed by atoms with Crippen molar-refractivity contribution in [1.82, 2.24) is 0 Å². The predicted molar refractivity (Wildman–Crippen MR) is 61.8 cm³/mol. The SMILES string of the molecule is N#Cc1ccc2c(c1)Oc1ccccc1S2. The third kappa shape index (κ3) is 1.44. The molecule has 0 aliphatic carbocycles. The second kappa shape index (κ2) is 3.58. The van der Waals surface area contributed by atoms with Crippen molar-refractivity contribution in [2.75, 3.05) is 0 Å². The molecule has 3 rings (SSSR count). The Hall–Kier alpha value is -1.92. The lowest BCUT2D eigenvalue weighted by molar-refractivity contribution is 0.454. The van der Waals surface area contributed by atoms with Crippen LogP contribution in [0.1, 0.15) is 5.56 Å². The second-order valence-corrected chi connectivity index (χ2v) is 4.51. The topological polar surface area (TPSA) is 33.0 Å². The van der Waals surface area contributed by atoms with Gasteiger partial charge in [0, 0.05) is 0 Å². The molecular weight excluding hydrogens is 218 g/mol. The minimum absolute atomic E-state index is 0.624. The van der Waals surface area contributed by atoms with E-state index >= 15 is 0 Å². The van der Waals surface area contributed by atoms with Gasteiger partial charge in [0.2, 0.25) is 0 Å². The van der Waals surface area contributed by atoms with Crippen molar-refractivity contribution in [3.05, 3.63) is 48.0 Å². The summed E-state index contributed by atoms with van der Waals surface area (Å²) in [6, 6.07) is 15.5. The predicted octanol–water partition coefficient (Wildman–Crippen LogP) is 3.82. The van der Waals surface area contributed by atoms with E-state index in [0.29, 0.717) is 5.56 Å². The number of rotatable bonds is 0. The highest BCUT2D eigenvalue weighted by Crippen LogP contribution is 2.46. The van der Waals surface area contributed by atoms with E-state index < -0.39 is 0 Å². The van der Waals surface area contributed by atoms with Crippen molar-refractivity contribution >= 4 is 11.8 Å².